The van der Waals surface area contributed by atoms with Crippen molar-refractivity contribution in [3.63, 3.8) is 0 Å². The molecule has 0 aromatic heterocycles. The van der Waals surface area contributed by atoms with Crippen LogP contribution in [0.25, 0.3) is 0 Å². The molecule has 0 radical (unpaired) electrons. The molecule has 1 heterocycles. The number of carboxylic acid groups (broad SMARTS) is 2. The molecule has 1 aliphatic heterocycles. The number of fused-ring (bicyclic) bond motifs is 1. The Labute approximate surface area is 160 Å². The maximum atomic E-state index is 12.7. The summed E-state index contributed by atoms with van der Waals surface area (Å²) in [5.74, 6) is -1.79. The molecule has 148 valence electrons. The van der Waals surface area contributed by atoms with E-state index in [2.05, 4.69) is 4.72 Å². The number of sulfonamides is 1. The van der Waals surface area contributed by atoms with Crippen molar-refractivity contribution in [1.82, 2.24) is 0 Å². The monoisotopic (exact) mass is 407 g/mol. The number of ether oxygens (including phenoxy) is 2. The van der Waals surface area contributed by atoms with Gasteiger partial charge in [-0.05, 0) is 24.1 Å². The van der Waals surface area contributed by atoms with Gasteiger partial charge in [0.25, 0.3) is 10.0 Å². The molecule has 2 aromatic carbocycles. The first-order valence-electron chi connectivity index (χ1n) is 8.27. The van der Waals surface area contributed by atoms with Gasteiger partial charge in [0, 0.05) is 18.6 Å². The van der Waals surface area contributed by atoms with Crippen LogP contribution in [-0.2, 0) is 21.2 Å². The fourth-order valence-corrected chi connectivity index (χ4v) is 3.71. The third kappa shape index (κ3) is 4.34. The van der Waals surface area contributed by atoms with E-state index >= 15 is 0 Å². The number of carboxylic acids is 2. The van der Waals surface area contributed by atoms with Crippen LogP contribution in [0.2, 0.25) is 0 Å². The molecule has 0 fully saturated rings. The lowest BCUT2D eigenvalue weighted by atomic mass is 10.1. The maximum absolute atomic E-state index is 12.7. The van der Waals surface area contributed by atoms with E-state index in [1.165, 1.54) is 36.4 Å². The molecule has 0 bridgehead atoms. The number of nitrogens with one attached hydrogen (secondary N) is 1. The van der Waals surface area contributed by atoms with Gasteiger partial charge in [-0.2, -0.15) is 0 Å². The fourth-order valence-electron chi connectivity index (χ4n) is 2.64. The molecule has 9 nitrogen and oxygen atoms in total. The molecule has 3 rings (SSSR count). The van der Waals surface area contributed by atoms with E-state index < -0.39 is 22.0 Å². The fraction of sp³-hybridized carbons (Fsp3) is 0.222. The van der Waals surface area contributed by atoms with Gasteiger partial charge in [0.05, 0.1) is 16.1 Å². The highest BCUT2D eigenvalue weighted by Gasteiger charge is 2.23. The molecule has 0 saturated heterocycles. The Hall–Kier alpha value is -3.27. The first-order valence-corrected chi connectivity index (χ1v) is 9.75. The number of hydrogen-bond donors (Lipinski definition) is 3. The van der Waals surface area contributed by atoms with Crippen molar-refractivity contribution in [3.8, 4) is 11.5 Å². The van der Waals surface area contributed by atoms with E-state index in [1.54, 1.807) is 0 Å². The quantitative estimate of drug-likeness (QED) is 0.633. The Balaban J connectivity index is 1.87. The summed E-state index contributed by atoms with van der Waals surface area (Å²) in [6, 6.07) is 8.18. The highest BCUT2D eigenvalue weighted by Crippen LogP contribution is 2.36. The van der Waals surface area contributed by atoms with Crippen LogP contribution in [-0.4, -0.2) is 43.8 Å². The number of hydrogen-bond acceptors (Lipinski definition) is 6. The molecule has 3 N–H and O–H groups in total. The number of anilines is 1. The Kier molecular flexibility index (Phi) is 5.41. The summed E-state index contributed by atoms with van der Waals surface area (Å²) in [5.41, 5.74) is 0.254. The van der Waals surface area contributed by atoms with Gasteiger partial charge in [-0.3, -0.25) is 9.52 Å². The molecule has 28 heavy (non-hydrogen) atoms. The van der Waals surface area contributed by atoms with Gasteiger partial charge < -0.3 is 19.7 Å². The van der Waals surface area contributed by atoms with Crippen molar-refractivity contribution in [2.24, 2.45) is 0 Å². The Morgan fingerprint density at radius 1 is 1.00 bits per heavy atom. The summed E-state index contributed by atoms with van der Waals surface area (Å²) in [5, 5.41) is 18.1. The molecule has 0 amide bonds. The predicted molar refractivity (Wildman–Crippen MR) is 97.6 cm³/mol. The molecule has 0 atom stereocenters. The Morgan fingerprint density at radius 2 is 1.61 bits per heavy atom. The molecular weight excluding hydrogens is 390 g/mol. The number of aromatic carboxylic acids is 1. The van der Waals surface area contributed by atoms with Gasteiger partial charge >= 0.3 is 11.9 Å². The van der Waals surface area contributed by atoms with Crippen molar-refractivity contribution in [2.45, 2.75) is 17.7 Å². The second kappa shape index (κ2) is 7.77. The number of carbonyl (C=O) groups is 2. The zero-order chi connectivity index (χ0) is 20.3. The lowest BCUT2D eigenvalue weighted by Crippen LogP contribution is -2.19. The SMILES string of the molecule is O=C(O)CCc1ccc(S(=O)(=O)Nc2cc3c(cc2C(=O)O)OCCO3)cc1. The summed E-state index contributed by atoms with van der Waals surface area (Å²) in [6.45, 7) is 0.536. The lowest BCUT2D eigenvalue weighted by molar-refractivity contribution is -0.136. The standard InChI is InChI=1S/C18H17NO8S/c20-17(21)6-3-11-1-4-12(5-2-11)28(24,25)19-14-10-16-15(26-7-8-27-16)9-13(14)18(22)23/h1-2,4-5,9-10,19H,3,6-8H2,(H,20,21)(H,22,23). The third-order valence-corrected chi connectivity index (χ3v) is 5.40. The second-order valence-corrected chi connectivity index (χ2v) is 7.67. The van der Waals surface area contributed by atoms with E-state index in [-0.39, 0.29) is 53.7 Å². The largest absolute Gasteiger partial charge is 0.486 e. The highest BCUT2D eigenvalue weighted by atomic mass is 32.2. The molecule has 1 aliphatic rings. The average molecular weight is 407 g/mol. The van der Waals surface area contributed by atoms with Gasteiger partial charge in [0.1, 0.15) is 13.2 Å². The van der Waals surface area contributed by atoms with Gasteiger partial charge in [0.2, 0.25) is 0 Å². The summed E-state index contributed by atoms with van der Waals surface area (Å²) in [6.07, 6.45) is 0.206. The summed E-state index contributed by atoms with van der Waals surface area (Å²) in [4.78, 5) is 22.1. The third-order valence-electron chi connectivity index (χ3n) is 4.02. The molecule has 0 aliphatic carbocycles. The van der Waals surface area contributed by atoms with Crippen LogP contribution in [0.5, 0.6) is 11.5 Å². The van der Waals surface area contributed by atoms with Crippen molar-refractivity contribution < 1.29 is 37.7 Å². The van der Waals surface area contributed by atoms with Gasteiger partial charge in [-0.15, -0.1) is 0 Å². The van der Waals surface area contributed by atoms with Gasteiger partial charge in [-0.25, -0.2) is 13.2 Å². The first-order chi connectivity index (χ1) is 13.3. The van der Waals surface area contributed by atoms with Gasteiger partial charge in [0.15, 0.2) is 11.5 Å². The molecule has 10 heteroatoms. The van der Waals surface area contributed by atoms with E-state index in [9.17, 15) is 23.1 Å². The number of aryl methyl sites for hydroxylation is 1. The van der Waals surface area contributed by atoms with E-state index in [4.69, 9.17) is 14.6 Å². The number of benzene rings is 2. The first kappa shape index (κ1) is 19.5. The lowest BCUT2D eigenvalue weighted by Gasteiger charge is -2.20. The van der Waals surface area contributed by atoms with Crippen LogP contribution < -0.4 is 14.2 Å². The molecular formula is C18H17NO8S. The van der Waals surface area contributed by atoms with Crippen LogP contribution in [0.15, 0.2) is 41.3 Å². The van der Waals surface area contributed by atoms with Crippen LogP contribution in [0.3, 0.4) is 0 Å². The summed E-state index contributed by atoms with van der Waals surface area (Å²) >= 11 is 0. The minimum Gasteiger partial charge on any atom is -0.486 e. The van der Waals surface area contributed by atoms with Crippen LogP contribution in [0.1, 0.15) is 22.3 Å². The van der Waals surface area contributed by atoms with Crippen LogP contribution in [0.4, 0.5) is 5.69 Å². The number of rotatable bonds is 7. The van der Waals surface area contributed by atoms with E-state index in [1.807, 2.05) is 0 Å². The molecule has 2 aromatic rings. The topological polar surface area (TPSA) is 139 Å². The predicted octanol–water partition coefficient (Wildman–Crippen LogP) is 1.97. The Morgan fingerprint density at radius 3 is 2.18 bits per heavy atom. The summed E-state index contributed by atoms with van der Waals surface area (Å²) < 4.78 is 38.3. The average Bonchev–Trinajstić information content (AvgIpc) is 2.65. The molecule has 0 spiro atoms. The van der Waals surface area contributed by atoms with E-state index in [0.29, 0.717) is 5.56 Å². The second-order valence-electron chi connectivity index (χ2n) is 5.99. The molecule has 0 saturated carbocycles. The Bertz CT molecular complexity index is 1010. The highest BCUT2D eigenvalue weighted by molar-refractivity contribution is 7.92. The van der Waals surface area contributed by atoms with Crippen molar-refractivity contribution >= 4 is 27.6 Å². The van der Waals surface area contributed by atoms with Crippen LogP contribution >= 0.6 is 0 Å². The minimum atomic E-state index is -4.07. The minimum absolute atomic E-state index is 0.0660. The van der Waals surface area contributed by atoms with Gasteiger partial charge in [-0.1, -0.05) is 12.1 Å². The zero-order valence-electron chi connectivity index (χ0n) is 14.5. The van der Waals surface area contributed by atoms with Crippen LogP contribution in [0, 0.1) is 0 Å². The molecule has 0 unspecified atom stereocenters. The normalized spacial score (nSPS) is 13.0. The maximum Gasteiger partial charge on any atom is 0.337 e. The van der Waals surface area contributed by atoms with Crippen molar-refractivity contribution in [1.29, 1.82) is 0 Å². The number of aliphatic carboxylic acids is 1. The van der Waals surface area contributed by atoms with E-state index in [0.717, 1.165) is 0 Å². The van der Waals surface area contributed by atoms with Crippen molar-refractivity contribution in [3.05, 3.63) is 47.5 Å². The van der Waals surface area contributed by atoms with Crippen molar-refractivity contribution in [2.75, 3.05) is 17.9 Å². The smallest absolute Gasteiger partial charge is 0.337 e. The summed E-state index contributed by atoms with van der Waals surface area (Å²) in [7, 11) is -4.07. The zero-order valence-corrected chi connectivity index (χ0v) is 15.4.